The SMILES string of the molecule is Cc1ncsc1CCOCC(O)CNC(C1CC1)C1CC1. The molecular weight excluding hydrogens is 284 g/mol. The molecule has 2 saturated carbocycles. The Kier molecular flexibility index (Phi) is 5.27. The van der Waals surface area contributed by atoms with Gasteiger partial charge in [0, 0.05) is 23.9 Å². The van der Waals surface area contributed by atoms with Crippen molar-refractivity contribution in [1.82, 2.24) is 10.3 Å². The lowest BCUT2D eigenvalue weighted by Gasteiger charge is -2.20. The summed E-state index contributed by atoms with van der Waals surface area (Å²) in [5, 5.41) is 13.6. The number of aliphatic hydroxyl groups is 1. The molecule has 21 heavy (non-hydrogen) atoms. The lowest BCUT2D eigenvalue weighted by atomic mass is 10.1. The van der Waals surface area contributed by atoms with Gasteiger partial charge in [-0.25, -0.2) is 4.98 Å². The molecule has 2 aliphatic carbocycles. The second-order valence-electron chi connectivity index (χ2n) is 6.45. The minimum Gasteiger partial charge on any atom is -0.389 e. The normalized spacial score (nSPS) is 20.1. The van der Waals surface area contributed by atoms with E-state index in [4.69, 9.17) is 4.74 Å². The molecule has 4 nitrogen and oxygen atoms in total. The van der Waals surface area contributed by atoms with Gasteiger partial charge in [-0.3, -0.25) is 0 Å². The van der Waals surface area contributed by atoms with E-state index in [1.54, 1.807) is 11.3 Å². The standard InChI is InChI=1S/C16H26N2O2S/c1-11-15(21-10-18-11)6-7-20-9-14(19)8-17-16(12-2-3-12)13-4-5-13/h10,12-14,16-17,19H,2-9H2,1H3. The van der Waals surface area contributed by atoms with Crippen LogP contribution in [-0.2, 0) is 11.2 Å². The van der Waals surface area contributed by atoms with Crippen LogP contribution in [0.15, 0.2) is 5.51 Å². The molecule has 0 aliphatic heterocycles. The molecule has 0 bridgehead atoms. The highest BCUT2D eigenvalue weighted by atomic mass is 32.1. The van der Waals surface area contributed by atoms with Crippen molar-refractivity contribution in [1.29, 1.82) is 0 Å². The molecule has 2 aliphatic rings. The summed E-state index contributed by atoms with van der Waals surface area (Å²) in [5.74, 6) is 1.75. The molecule has 1 heterocycles. The van der Waals surface area contributed by atoms with Gasteiger partial charge in [-0.05, 0) is 44.4 Å². The van der Waals surface area contributed by atoms with Crippen molar-refractivity contribution in [2.45, 2.75) is 51.2 Å². The van der Waals surface area contributed by atoms with E-state index in [0.717, 1.165) is 24.0 Å². The number of ether oxygens (including phenoxy) is 1. The molecule has 2 fully saturated rings. The van der Waals surface area contributed by atoms with Crippen LogP contribution < -0.4 is 5.32 Å². The van der Waals surface area contributed by atoms with Crippen LogP contribution >= 0.6 is 11.3 Å². The zero-order valence-electron chi connectivity index (χ0n) is 12.8. The molecule has 1 atom stereocenters. The smallest absolute Gasteiger partial charge is 0.0897 e. The first-order valence-corrected chi connectivity index (χ1v) is 9.00. The molecule has 5 heteroatoms. The van der Waals surface area contributed by atoms with Crippen LogP contribution in [0.25, 0.3) is 0 Å². The highest BCUT2D eigenvalue weighted by molar-refractivity contribution is 7.09. The van der Waals surface area contributed by atoms with E-state index in [2.05, 4.69) is 10.3 Å². The Bertz CT molecular complexity index is 431. The van der Waals surface area contributed by atoms with Crippen molar-refractivity contribution in [3.8, 4) is 0 Å². The van der Waals surface area contributed by atoms with Crippen LogP contribution in [0.1, 0.15) is 36.3 Å². The molecule has 3 rings (SSSR count). The molecule has 0 radical (unpaired) electrons. The lowest BCUT2D eigenvalue weighted by molar-refractivity contribution is 0.0363. The third-order valence-electron chi connectivity index (χ3n) is 4.48. The summed E-state index contributed by atoms with van der Waals surface area (Å²) >= 11 is 1.68. The molecule has 2 N–H and O–H groups in total. The number of thiazole rings is 1. The van der Waals surface area contributed by atoms with Gasteiger partial charge in [0.2, 0.25) is 0 Å². The number of rotatable bonds is 10. The van der Waals surface area contributed by atoms with Crippen LogP contribution in [0.4, 0.5) is 0 Å². The van der Waals surface area contributed by atoms with Gasteiger partial charge in [0.25, 0.3) is 0 Å². The van der Waals surface area contributed by atoms with Crippen LogP contribution in [0.2, 0.25) is 0 Å². The topological polar surface area (TPSA) is 54.4 Å². The third kappa shape index (κ3) is 4.74. The Balaban J connectivity index is 1.27. The largest absolute Gasteiger partial charge is 0.389 e. The van der Waals surface area contributed by atoms with Gasteiger partial charge in [-0.15, -0.1) is 11.3 Å². The van der Waals surface area contributed by atoms with Gasteiger partial charge < -0.3 is 15.2 Å². The summed E-state index contributed by atoms with van der Waals surface area (Å²) in [6.45, 7) is 3.78. The van der Waals surface area contributed by atoms with Crippen LogP contribution in [0.5, 0.6) is 0 Å². The van der Waals surface area contributed by atoms with Gasteiger partial charge in [-0.1, -0.05) is 0 Å². The van der Waals surface area contributed by atoms with E-state index in [-0.39, 0.29) is 0 Å². The second kappa shape index (κ2) is 7.18. The van der Waals surface area contributed by atoms with Crippen LogP contribution in [0.3, 0.4) is 0 Å². The summed E-state index contributed by atoms with van der Waals surface area (Å²) in [5.41, 5.74) is 2.97. The van der Waals surface area contributed by atoms with E-state index in [0.29, 0.717) is 25.8 Å². The van der Waals surface area contributed by atoms with Crippen LogP contribution in [0, 0.1) is 18.8 Å². The average molecular weight is 310 g/mol. The fraction of sp³-hybridized carbons (Fsp3) is 0.812. The molecule has 0 aromatic carbocycles. The van der Waals surface area contributed by atoms with E-state index < -0.39 is 6.10 Å². The summed E-state index contributed by atoms with van der Waals surface area (Å²) < 4.78 is 5.60. The Labute approximate surface area is 130 Å². The summed E-state index contributed by atoms with van der Waals surface area (Å²) in [6, 6.07) is 0.652. The monoisotopic (exact) mass is 310 g/mol. The average Bonchev–Trinajstić information content (AvgIpc) is 3.37. The van der Waals surface area contributed by atoms with Crippen molar-refractivity contribution in [3.05, 3.63) is 16.1 Å². The first-order valence-electron chi connectivity index (χ1n) is 8.12. The van der Waals surface area contributed by atoms with Gasteiger partial charge in [-0.2, -0.15) is 0 Å². The fourth-order valence-electron chi connectivity index (χ4n) is 2.91. The van der Waals surface area contributed by atoms with Crippen molar-refractivity contribution in [3.63, 3.8) is 0 Å². The predicted octanol–water partition coefficient (Wildman–Crippen LogP) is 2.15. The third-order valence-corrected chi connectivity index (χ3v) is 5.47. The van der Waals surface area contributed by atoms with Crippen molar-refractivity contribution >= 4 is 11.3 Å². The first kappa shape index (κ1) is 15.4. The molecule has 0 spiro atoms. The first-order chi connectivity index (χ1) is 10.2. The molecular formula is C16H26N2O2S. The Morgan fingerprint density at radius 2 is 2.10 bits per heavy atom. The summed E-state index contributed by atoms with van der Waals surface area (Å²) in [7, 11) is 0. The van der Waals surface area contributed by atoms with Gasteiger partial charge in [0.1, 0.15) is 0 Å². The molecule has 0 amide bonds. The molecule has 1 aromatic rings. The fourth-order valence-corrected chi connectivity index (χ4v) is 3.67. The second-order valence-corrected chi connectivity index (χ2v) is 7.39. The maximum absolute atomic E-state index is 10.0. The minimum absolute atomic E-state index is 0.396. The molecule has 118 valence electrons. The summed E-state index contributed by atoms with van der Waals surface area (Å²) in [6.07, 6.45) is 5.98. The van der Waals surface area contributed by atoms with E-state index >= 15 is 0 Å². The van der Waals surface area contributed by atoms with Crippen LogP contribution in [-0.4, -0.2) is 42.0 Å². The lowest BCUT2D eigenvalue weighted by Crippen LogP contribution is -2.40. The van der Waals surface area contributed by atoms with E-state index in [1.165, 1.54) is 30.6 Å². The predicted molar refractivity (Wildman–Crippen MR) is 84.6 cm³/mol. The maximum atomic E-state index is 10.0. The van der Waals surface area contributed by atoms with Gasteiger partial charge in [0.15, 0.2) is 0 Å². The number of nitrogens with zero attached hydrogens (tertiary/aromatic N) is 1. The van der Waals surface area contributed by atoms with Crippen molar-refractivity contribution < 1.29 is 9.84 Å². The Hall–Kier alpha value is -0.490. The van der Waals surface area contributed by atoms with Crippen molar-refractivity contribution in [2.24, 2.45) is 11.8 Å². The number of aryl methyl sites for hydroxylation is 1. The zero-order valence-corrected chi connectivity index (χ0v) is 13.6. The Morgan fingerprint density at radius 3 is 2.67 bits per heavy atom. The minimum atomic E-state index is -0.396. The molecule has 0 saturated heterocycles. The highest BCUT2D eigenvalue weighted by Crippen LogP contribution is 2.44. The number of nitrogens with one attached hydrogen (secondary N) is 1. The maximum Gasteiger partial charge on any atom is 0.0897 e. The van der Waals surface area contributed by atoms with E-state index in [1.807, 2.05) is 12.4 Å². The Morgan fingerprint density at radius 1 is 1.38 bits per heavy atom. The van der Waals surface area contributed by atoms with Gasteiger partial charge >= 0.3 is 0 Å². The number of hydrogen-bond acceptors (Lipinski definition) is 5. The van der Waals surface area contributed by atoms with E-state index in [9.17, 15) is 5.11 Å². The number of aromatic nitrogens is 1. The quantitative estimate of drug-likeness (QED) is 0.650. The molecule has 1 aromatic heterocycles. The summed E-state index contributed by atoms with van der Waals surface area (Å²) in [4.78, 5) is 5.51. The van der Waals surface area contributed by atoms with Gasteiger partial charge in [0.05, 0.1) is 30.5 Å². The molecule has 1 unspecified atom stereocenters. The highest BCUT2D eigenvalue weighted by Gasteiger charge is 2.41. The van der Waals surface area contributed by atoms with Crippen molar-refractivity contribution in [2.75, 3.05) is 19.8 Å². The number of hydrogen-bond donors (Lipinski definition) is 2. The number of aliphatic hydroxyl groups excluding tert-OH is 1. The zero-order chi connectivity index (χ0) is 14.7.